The molecule has 1 aromatic carbocycles. The van der Waals surface area contributed by atoms with E-state index in [0.717, 1.165) is 18.2 Å². The molecule has 100 valence electrons. The molecule has 8 heteroatoms. The summed E-state index contributed by atoms with van der Waals surface area (Å²) in [5, 5.41) is 8.91. The highest BCUT2D eigenvalue weighted by Crippen LogP contribution is 2.21. The van der Waals surface area contributed by atoms with Gasteiger partial charge in [0.15, 0.2) is 0 Å². The molecule has 0 spiro atoms. The minimum absolute atomic E-state index is 0.0480. The van der Waals surface area contributed by atoms with Gasteiger partial charge >= 0.3 is 5.97 Å². The maximum absolute atomic E-state index is 13.0. The number of anilines is 1. The van der Waals surface area contributed by atoms with Gasteiger partial charge in [-0.25, -0.2) is 17.6 Å². The predicted molar refractivity (Wildman–Crippen MR) is 65.0 cm³/mol. The molecule has 0 atom stereocenters. The number of sulfonamides is 1. The van der Waals surface area contributed by atoms with Crippen LogP contribution in [0.1, 0.15) is 10.4 Å². The average Bonchev–Trinajstić information content (AvgIpc) is 2.85. The fraction of sp³-hybridized carbons (Fsp3) is 0. The molecule has 3 N–H and O–H groups in total. The third-order valence-corrected chi connectivity index (χ3v) is 3.70. The quantitative estimate of drug-likeness (QED) is 0.794. The largest absolute Gasteiger partial charge is 0.478 e. The maximum Gasteiger partial charge on any atom is 0.337 e. The average molecular weight is 284 g/mol. The first-order chi connectivity index (χ1) is 8.90. The molecule has 0 aliphatic carbocycles. The Bertz CT molecular complexity index is 710. The van der Waals surface area contributed by atoms with E-state index in [1.54, 1.807) is 0 Å². The molecular formula is C11H9FN2O4S. The van der Waals surface area contributed by atoms with Crippen molar-refractivity contribution in [1.82, 2.24) is 4.98 Å². The summed E-state index contributed by atoms with van der Waals surface area (Å²) in [6.07, 6.45) is 2.66. The smallest absolute Gasteiger partial charge is 0.337 e. The van der Waals surface area contributed by atoms with Gasteiger partial charge in [-0.1, -0.05) is 0 Å². The summed E-state index contributed by atoms with van der Waals surface area (Å²) in [6, 6.07) is 4.09. The number of aromatic carboxylic acids is 1. The topological polar surface area (TPSA) is 99.3 Å². The molecule has 19 heavy (non-hydrogen) atoms. The van der Waals surface area contributed by atoms with Crippen LogP contribution < -0.4 is 4.72 Å². The monoisotopic (exact) mass is 284 g/mol. The number of carbonyl (C=O) groups is 1. The summed E-state index contributed by atoms with van der Waals surface area (Å²) >= 11 is 0. The molecule has 2 rings (SSSR count). The highest BCUT2D eigenvalue weighted by Gasteiger charge is 2.19. The zero-order valence-electron chi connectivity index (χ0n) is 9.42. The Balaban J connectivity index is 2.42. The standard InChI is InChI=1S/C11H9FN2O4S/c12-7-1-2-10(9(5-7)11(15)16)14-19(17,18)8-3-4-13-6-8/h1-6,13-14H,(H,15,16). The number of H-pyrrole nitrogens is 1. The Hall–Kier alpha value is -2.35. The van der Waals surface area contributed by atoms with Crippen LogP contribution in [0, 0.1) is 5.82 Å². The van der Waals surface area contributed by atoms with Crippen LogP contribution in [-0.4, -0.2) is 24.5 Å². The molecule has 0 aliphatic heterocycles. The molecule has 0 amide bonds. The van der Waals surface area contributed by atoms with Gasteiger partial charge in [0.2, 0.25) is 0 Å². The van der Waals surface area contributed by atoms with Crippen LogP contribution in [0.4, 0.5) is 10.1 Å². The Morgan fingerprint density at radius 2 is 2.05 bits per heavy atom. The van der Waals surface area contributed by atoms with Gasteiger partial charge in [0.1, 0.15) is 10.7 Å². The predicted octanol–water partition coefficient (Wildman–Crippen LogP) is 1.65. The maximum atomic E-state index is 13.0. The van der Waals surface area contributed by atoms with E-state index in [0.29, 0.717) is 0 Å². The first-order valence-corrected chi connectivity index (χ1v) is 6.57. The third kappa shape index (κ3) is 2.74. The van der Waals surface area contributed by atoms with Crippen molar-refractivity contribution in [3.63, 3.8) is 0 Å². The Labute approximate surface area is 107 Å². The number of halogens is 1. The van der Waals surface area contributed by atoms with E-state index in [2.05, 4.69) is 9.71 Å². The van der Waals surface area contributed by atoms with Gasteiger partial charge in [-0.3, -0.25) is 4.72 Å². The van der Waals surface area contributed by atoms with Crippen molar-refractivity contribution in [2.45, 2.75) is 4.90 Å². The lowest BCUT2D eigenvalue weighted by Crippen LogP contribution is -2.15. The molecule has 0 saturated heterocycles. The van der Waals surface area contributed by atoms with Gasteiger partial charge in [-0.05, 0) is 24.3 Å². The van der Waals surface area contributed by atoms with Crippen LogP contribution in [-0.2, 0) is 10.0 Å². The molecule has 6 nitrogen and oxygen atoms in total. The van der Waals surface area contributed by atoms with E-state index in [-0.39, 0.29) is 10.6 Å². The summed E-state index contributed by atoms with van der Waals surface area (Å²) < 4.78 is 38.9. The van der Waals surface area contributed by atoms with Crippen molar-refractivity contribution < 1.29 is 22.7 Å². The van der Waals surface area contributed by atoms with E-state index < -0.39 is 27.4 Å². The lowest BCUT2D eigenvalue weighted by molar-refractivity contribution is 0.0697. The van der Waals surface area contributed by atoms with Crippen LogP contribution in [0.15, 0.2) is 41.6 Å². The number of carboxylic acid groups (broad SMARTS) is 1. The fourth-order valence-corrected chi connectivity index (χ4v) is 2.52. The van der Waals surface area contributed by atoms with E-state index in [1.807, 2.05) is 0 Å². The zero-order valence-corrected chi connectivity index (χ0v) is 10.2. The minimum atomic E-state index is -3.91. The van der Waals surface area contributed by atoms with Gasteiger partial charge < -0.3 is 10.1 Å². The second-order valence-electron chi connectivity index (χ2n) is 3.65. The number of rotatable bonds is 4. The molecule has 0 unspecified atom stereocenters. The second kappa shape index (κ2) is 4.73. The third-order valence-electron chi connectivity index (χ3n) is 2.34. The summed E-state index contributed by atoms with van der Waals surface area (Å²) in [5.74, 6) is -2.19. The number of nitrogens with one attached hydrogen (secondary N) is 2. The van der Waals surface area contributed by atoms with Crippen molar-refractivity contribution in [3.8, 4) is 0 Å². The summed E-state index contributed by atoms with van der Waals surface area (Å²) in [7, 11) is -3.91. The number of hydrogen-bond acceptors (Lipinski definition) is 3. The molecule has 0 bridgehead atoms. The molecule has 0 aliphatic rings. The summed E-state index contributed by atoms with van der Waals surface area (Å²) in [5.41, 5.74) is -0.658. The van der Waals surface area contributed by atoms with Crippen molar-refractivity contribution in [3.05, 3.63) is 48.0 Å². The molecule has 0 radical (unpaired) electrons. The molecule has 1 heterocycles. The van der Waals surface area contributed by atoms with Gasteiger partial charge in [-0.2, -0.15) is 0 Å². The van der Waals surface area contributed by atoms with Crippen LogP contribution in [0.25, 0.3) is 0 Å². The summed E-state index contributed by atoms with van der Waals surface area (Å²) in [6.45, 7) is 0. The van der Waals surface area contributed by atoms with Crippen LogP contribution >= 0.6 is 0 Å². The minimum Gasteiger partial charge on any atom is -0.478 e. The highest BCUT2D eigenvalue weighted by molar-refractivity contribution is 7.92. The van der Waals surface area contributed by atoms with Gasteiger partial charge in [0.25, 0.3) is 10.0 Å². The molecule has 2 aromatic rings. The van der Waals surface area contributed by atoms with Crippen molar-refractivity contribution >= 4 is 21.7 Å². The number of hydrogen-bond donors (Lipinski definition) is 3. The number of aromatic nitrogens is 1. The molecule has 0 saturated carbocycles. The number of benzene rings is 1. The number of carboxylic acids is 1. The van der Waals surface area contributed by atoms with E-state index in [4.69, 9.17) is 5.11 Å². The Morgan fingerprint density at radius 3 is 2.63 bits per heavy atom. The fourth-order valence-electron chi connectivity index (χ4n) is 1.46. The van der Waals surface area contributed by atoms with Crippen LogP contribution in [0.3, 0.4) is 0 Å². The van der Waals surface area contributed by atoms with E-state index >= 15 is 0 Å². The van der Waals surface area contributed by atoms with Gasteiger partial charge in [0.05, 0.1) is 11.3 Å². The normalized spacial score (nSPS) is 11.2. The first-order valence-electron chi connectivity index (χ1n) is 5.08. The zero-order chi connectivity index (χ0) is 14.0. The van der Waals surface area contributed by atoms with E-state index in [9.17, 15) is 17.6 Å². The van der Waals surface area contributed by atoms with E-state index in [1.165, 1.54) is 18.5 Å². The van der Waals surface area contributed by atoms with Gasteiger partial charge in [-0.15, -0.1) is 0 Å². The SMILES string of the molecule is O=C(O)c1cc(F)ccc1NS(=O)(=O)c1cc[nH]c1. The lowest BCUT2D eigenvalue weighted by atomic mass is 10.2. The Kier molecular flexibility index (Phi) is 3.26. The van der Waals surface area contributed by atoms with Crippen molar-refractivity contribution in [2.24, 2.45) is 0 Å². The van der Waals surface area contributed by atoms with Crippen molar-refractivity contribution in [1.29, 1.82) is 0 Å². The molecule has 0 fully saturated rings. The molecule has 1 aromatic heterocycles. The van der Waals surface area contributed by atoms with Crippen molar-refractivity contribution in [2.75, 3.05) is 4.72 Å². The van der Waals surface area contributed by atoms with Crippen LogP contribution in [0.5, 0.6) is 0 Å². The summed E-state index contributed by atoms with van der Waals surface area (Å²) in [4.78, 5) is 13.5. The lowest BCUT2D eigenvalue weighted by Gasteiger charge is -2.09. The second-order valence-corrected chi connectivity index (χ2v) is 5.33. The van der Waals surface area contributed by atoms with Gasteiger partial charge in [0, 0.05) is 12.4 Å². The van der Waals surface area contributed by atoms with Crippen LogP contribution in [0.2, 0.25) is 0 Å². The Morgan fingerprint density at radius 1 is 1.32 bits per heavy atom. The first kappa shape index (κ1) is 13.1. The molecular weight excluding hydrogens is 275 g/mol. The number of aromatic amines is 1. The highest BCUT2D eigenvalue weighted by atomic mass is 32.2.